The van der Waals surface area contributed by atoms with Crippen molar-refractivity contribution in [2.75, 3.05) is 11.5 Å². The van der Waals surface area contributed by atoms with E-state index in [1.54, 1.807) is 0 Å². The van der Waals surface area contributed by atoms with Crippen molar-refractivity contribution >= 4 is 10.8 Å². The van der Waals surface area contributed by atoms with Crippen LogP contribution in [0, 0.1) is 23.2 Å². The summed E-state index contributed by atoms with van der Waals surface area (Å²) >= 11 is 0. The summed E-state index contributed by atoms with van der Waals surface area (Å²) < 4.78 is 74.5. The number of fused-ring (bicyclic) bond motifs is 5. The van der Waals surface area contributed by atoms with E-state index in [-0.39, 0.29) is 17.3 Å². The van der Waals surface area contributed by atoms with Gasteiger partial charge in [0.2, 0.25) is 0 Å². The number of alkyl halides is 5. The molecule has 1 aromatic carbocycles. The van der Waals surface area contributed by atoms with Crippen LogP contribution in [0.1, 0.15) is 114 Å². The maximum absolute atomic E-state index is 13.0. The van der Waals surface area contributed by atoms with Gasteiger partial charge in [0.05, 0.1) is 6.10 Å². The van der Waals surface area contributed by atoms with E-state index in [0.717, 1.165) is 77.0 Å². The molecular formula is C32H47F5O3S. The Kier molecular flexibility index (Phi) is 10.8. The molecule has 0 amide bonds. The highest BCUT2D eigenvalue weighted by molar-refractivity contribution is 7.84. The van der Waals surface area contributed by atoms with Crippen molar-refractivity contribution in [3.05, 3.63) is 29.3 Å². The molecule has 9 heteroatoms. The fourth-order valence-corrected chi connectivity index (χ4v) is 9.48. The molecule has 3 aliphatic carbocycles. The molecule has 2 unspecified atom stereocenters. The predicted molar refractivity (Wildman–Crippen MR) is 153 cm³/mol. The van der Waals surface area contributed by atoms with Crippen LogP contribution in [0.25, 0.3) is 0 Å². The van der Waals surface area contributed by atoms with E-state index in [9.17, 15) is 36.4 Å². The number of aliphatic hydroxyl groups is 1. The molecule has 7 atom stereocenters. The molecule has 41 heavy (non-hydrogen) atoms. The average Bonchev–Trinajstić information content (AvgIpc) is 3.20. The van der Waals surface area contributed by atoms with Crippen LogP contribution in [-0.2, 0) is 17.2 Å². The fourth-order valence-electron chi connectivity index (χ4n) is 8.28. The van der Waals surface area contributed by atoms with Gasteiger partial charge in [-0.15, -0.1) is 0 Å². The summed E-state index contributed by atoms with van der Waals surface area (Å²) in [6.45, 7) is 2.30. The molecule has 0 saturated heterocycles. The molecule has 234 valence electrons. The number of hydrogen-bond acceptors (Lipinski definition) is 3. The van der Waals surface area contributed by atoms with Crippen LogP contribution in [0.2, 0.25) is 0 Å². The number of aliphatic hydroxyl groups excluding tert-OH is 1. The summed E-state index contributed by atoms with van der Waals surface area (Å²) in [6.07, 6.45) is 5.97. The summed E-state index contributed by atoms with van der Waals surface area (Å²) in [4.78, 5) is 0. The van der Waals surface area contributed by atoms with Gasteiger partial charge in [0.15, 0.2) is 0 Å². The van der Waals surface area contributed by atoms with E-state index < -0.39 is 35.7 Å². The summed E-state index contributed by atoms with van der Waals surface area (Å²) in [5.41, 5.74) is 2.73. The predicted octanol–water partition coefficient (Wildman–Crippen LogP) is 8.68. The minimum Gasteiger partial charge on any atom is -0.508 e. The molecule has 0 aromatic heterocycles. The molecule has 0 radical (unpaired) electrons. The van der Waals surface area contributed by atoms with Gasteiger partial charge in [-0.3, -0.25) is 4.21 Å². The van der Waals surface area contributed by atoms with Crippen molar-refractivity contribution in [1.29, 1.82) is 0 Å². The lowest BCUT2D eigenvalue weighted by atomic mass is 9.52. The zero-order valence-corrected chi connectivity index (χ0v) is 25.1. The Labute approximate surface area is 244 Å². The number of aromatic hydroxyl groups is 1. The number of unbranched alkanes of at least 4 members (excludes halogenated alkanes) is 6. The Hall–Kier alpha value is -1.22. The number of phenolic OH excluding ortho intramolecular Hbond substituents is 1. The standard InChI is InChI=1S/C32H47F5O3S/c1-30-17-15-26-25-12-11-24(38)21-23(25)20-22(29(26)27(30)13-14-28(30)39)10-7-5-3-2-4-6-8-18-41(40)19-9-16-31(33,34)32(35,36)37/h11-12,21-22,26-29,38-39H,2-10,13-20H2,1H3/t22?,26-,27+,28+,29-,30-,41?/m1/s1. The molecule has 1 aromatic rings. The van der Waals surface area contributed by atoms with Crippen molar-refractivity contribution in [3.63, 3.8) is 0 Å². The Balaban J connectivity index is 1.15. The Bertz CT molecular complexity index is 1030. The molecule has 2 N–H and O–H groups in total. The highest BCUT2D eigenvalue weighted by atomic mass is 32.2. The number of hydrogen-bond donors (Lipinski definition) is 2. The largest absolute Gasteiger partial charge is 0.508 e. The molecule has 0 spiro atoms. The molecule has 0 bridgehead atoms. The summed E-state index contributed by atoms with van der Waals surface area (Å²) in [5.74, 6) is -1.91. The third-order valence-corrected chi connectivity index (χ3v) is 12.0. The lowest BCUT2D eigenvalue weighted by molar-refractivity contribution is -0.284. The second kappa shape index (κ2) is 13.6. The third kappa shape index (κ3) is 7.66. The van der Waals surface area contributed by atoms with Gasteiger partial charge in [-0.05, 0) is 104 Å². The minimum atomic E-state index is -5.54. The molecule has 0 aliphatic heterocycles. The van der Waals surface area contributed by atoms with Gasteiger partial charge in [-0.25, -0.2) is 0 Å². The van der Waals surface area contributed by atoms with Crippen LogP contribution < -0.4 is 0 Å². The molecular weight excluding hydrogens is 559 g/mol. The maximum atomic E-state index is 13.0. The lowest BCUT2D eigenvalue weighted by Crippen LogP contribution is -2.47. The van der Waals surface area contributed by atoms with Gasteiger partial charge in [0.25, 0.3) is 0 Å². The van der Waals surface area contributed by atoms with Crippen LogP contribution in [0.15, 0.2) is 18.2 Å². The monoisotopic (exact) mass is 606 g/mol. The zero-order chi connectivity index (χ0) is 29.8. The fraction of sp³-hybridized carbons (Fsp3) is 0.812. The van der Waals surface area contributed by atoms with Crippen LogP contribution in [0.5, 0.6) is 5.75 Å². The Morgan fingerprint density at radius 2 is 1.59 bits per heavy atom. The highest BCUT2D eigenvalue weighted by Gasteiger charge is 2.57. The second-order valence-electron chi connectivity index (χ2n) is 13.2. The first kappa shape index (κ1) is 32.7. The van der Waals surface area contributed by atoms with Crippen LogP contribution in [0.4, 0.5) is 22.0 Å². The third-order valence-electron chi connectivity index (χ3n) is 10.6. The molecule has 0 heterocycles. The van der Waals surface area contributed by atoms with Gasteiger partial charge in [-0.2, -0.15) is 22.0 Å². The van der Waals surface area contributed by atoms with Gasteiger partial charge >= 0.3 is 12.1 Å². The lowest BCUT2D eigenvalue weighted by Gasteiger charge is -2.53. The first-order chi connectivity index (χ1) is 19.3. The SMILES string of the molecule is C[C@@]12CC[C@@H]3c4ccc(O)cc4CC(CCCCCCCCCS(=O)CCCC(F)(F)C(F)(F)F)[C@H]3[C@@H]1CC[C@@H]2O. The Morgan fingerprint density at radius 1 is 0.927 bits per heavy atom. The topological polar surface area (TPSA) is 57.5 Å². The van der Waals surface area contributed by atoms with Crippen molar-refractivity contribution in [2.24, 2.45) is 23.2 Å². The summed E-state index contributed by atoms with van der Waals surface area (Å²) in [6, 6.07) is 5.92. The van der Waals surface area contributed by atoms with Gasteiger partial charge in [0, 0.05) is 28.7 Å². The Morgan fingerprint density at radius 3 is 2.29 bits per heavy atom. The van der Waals surface area contributed by atoms with Gasteiger partial charge in [-0.1, -0.05) is 51.5 Å². The van der Waals surface area contributed by atoms with Gasteiger partial charge < -0.3 is 10.2 Å². The van der Waals surface area contributed by atoms with Crippen molar-refractivity contribution in [2.45, 2.75) is 127 Å². The normalized spacial score (nSPS) is 30.5. The minimum absolute atomic E-state index is 0.0195. The van der Waals surface area contributed by atoms with Crippen LogP contribution in [0.3, 0.4) is 0 Å². The zero-order valence-electron chi connectivity index (χ0n) is 24.2. The first-order valence-electron chi connectivity index (χ1n) is 15.6. The van der Waals surface area contributed by atoms with E-state index >= 15 is 0 Å². The summed E-state index contributed by atoms with van der Waals surface area (Å²) in [5, 5.41) is 21.0. The summed E-state index contributed by atoms with van der Waals surface area (Å²) in [7, 11) is -1.35. The van der Waals surface area contributed by atoms with Crippen molar-refractivity contribution in [1.82, 2.24) is 0 Å². The van der Waals surface area contributed by atoms with E-state index in [1.807, 2.05) is 12.1 Å². The van der Waals surface area contributed by atoms with E-state index in [1.165, 1.54) is 11.1 Å². The molecule has 3 aliphatic rings. The smallest absolute Gasteiger partial charge is 0.453 e. The molecule has 3 nitrogen and oxygen atoms in total. The number of benzene rings is 1. The quantitative estimate of drug-likeness (QED) is 0.165. The van der Waals surface area contributed by atoms with E-state index in [4.69, 9.17) is 0 Å². The average molecular weight is 607 g/mol. The molecule has 2 saturated carbocycles. The van der Waals surface area contributed by atoms with Crippen molar-refractivity contribution in [3.8, 4) is 5.75 Å². The van der Waals surface area contributed by atoms with Crippen molar-refractivity contribution < 1.29 is 36.4 Å². The number of halogens is 5. The van der Waals surface area contributed by atoms with Crippen LogP contribution in [-0.4, -0.2) is 44.1 Å². The molecule has 4 rings (SSSR count). The van der Waals surface area contributed by atoms with Crippen LogP contribution >= 0.6 is 0 Å². The number of phenols is 1. The number of rotatable bonds is 14. The van der Waals surface area contributed by atoms with E-state index in [2.05, 4.69) is 13.0 Å². The second-order valence-corrected chi connectivity index (χ2v) is 14.9. The maximum Gasteiger partial charge on any atom is 0.453 e. The highest BCUT2D eigenvalue weighted by Crippen LogP contribution is 2.62. The first-order valence-corrected chi connectivity index (χ1v) is 17.1. The van der Waals surface area contributed by atoms with Gasteiger partial charge in [0.1, 0.15) is 5.75 Å². The van der Waals surface area contributed by atoms with E-state index in [0.29, 0.717) is 41.6 Å². The molecule has 2 fully saturated rings.